The van der Waals surface area contributed by atoms with Crippen LogP contribution in [0.5, 0.6) is 0 Å². The summed E-state index contributed by atoms with van der Waals surface area (Å²) in [5, 5.41) is 7.33. The maximum atomic E-state index is 6.01. The van der Waals surface area contributed by atoms with Gasteiger partial charge in [-0.15, -0.1) is 0 Å². The second-order valence-electron chi connectivity index (χ2n) is 13.1. The summed E-state index contributed by atoms with van der Waals surface area (Å²) in [6.45, 7) is 27.0. The van der Waals surface area contributed by atoms with E-state index in [4.69, 9.17) is 4.74 Å². The van der Waals surface area contributed by atoms with Crippen LogP contribution in [0.15, 0.2) is 0 Å². The van der Waals surface area contributed by atoms with Crippen LogP contribution in [0.25, 0.3) is 0 Å². The second kappa shape index (κ2) is 14.1. The molecule has 30 heavy (non-hydrogen) atoms. The highest BCUT2D eigenvalue weighted by molar-refractivity contribution is 4.81. The molecule has 3 nitrogen and oxygen atoms in total. The Labute approximate surface area is 190 Å². The van der Waals surface area contributed by atoms with Crippen molar-refractivity contribution in [1.82, 2.24) is 10.6 Å². The van der Waals surface area contributed by atoms with E-state index in [1.165, 1.54) is 51.4 Å². The first kappa shape index (κ1) is 29.9. The minimum Gasteiger partial charge on any atom is -0.381 e. The van der Waals surface area contributed by atoms with E-state index in [2.05, 4.69) is 79.9 Å². The molecule has 0 fully saturated rings. The summed E-state index contributed by atoms with van der Waals surface area (Å²) in [5.74, 6) is 0. The molecule has 0 spiro atoms. The van der Waals surface area contributed by atoms with Crippen LogP contribution in [0.2, 0.25) is 0 Å². The molecule has 0 rings (SSSR count). The monoisotopic (exact) mass is 426 g/mol. The van der Waals surface area contributed by atoms with Crippen molar-refractivity contribution < 1.29 is 4.74 Å². The molecule has 0 unspecified atom stereocenters. The van der Waals surface area contributed by atoms with Gasteiger partial charge in [-0.25, -0.2) is 0 Å². The summed E-state index contributed by atoms with van der Waals surface area (Å²) in [4.78, 5) is 0. The number of unbranched alkanes of at least 4 members (excludes halogenated alkanes) is 4. The summed E-state index contributed by atoms with van der Waals surface area (Å²) in [6, 6.07) is 0. The van der Waals surface area contributed by atoms with Gasteiger partial charge in [0.1, 0.15) is 0 Å². The molecular weight excluding hydrogens is 368 g/mol. The molecule has 0 aromatic carbocycles. The van der Waals surface area contributed by atoms with E-state index >= 15 is 0 Å². The van der Waals surface area contributed by atoms with Crippen LogP contribution in [-0.2, 0) is 4.74 Å². The molecule has 0 aliphatic heterocycles. The quantitative estimate of drug-likeness (QED) is 0.239. The largest absolute Gasteiger partial charge is 0.381 e. The van der Waals surface area contributed by atoms with Gasteiger partial charge in [0.15, 0.2) is 0 Å². The van der Waals surface area contributed by atoms with Gasteiger partial charge in [-0.3, -0.25) is 0 Å². The lowest BCUT2D eigenvalue weighted by Crippen LogP contribution is -2.41. The molecule has 0 aliphatic carbocycles. The molecule has 0 radical (unpaired) electrons. The van der Waals surface area contributed by atoms with Crippen molar-refractivity contribution in [1.29, 1.82) is 0 Å². The van der Waals surface area contributed by atoms with Gasteiger partial charge < -0.3 is 15.4 Å². The molecule has 0 aromatic rings. The maximum Gasteiger partial charge on any atom is 0.0517 e. The Balaban J connectivity index is 3.80. The number of hydrogen-bond donors (Lipinski definition) is 2. The van der Waals surface area contributed by atoms with Crippen LogP contribution in [0.1, 0.15) is 127 Å². The highest BCUT2D eigenvalue weighted by Crippen LogP contribution is 2.27. The predicted octanol–water partition coefficient (Wildman–Crippen LogP) is 7.34. The number of rotatable bonds is 17. The summed E-state index contributed by atoms with van der Waals surface area (Å²) >= 11 is 0. The molecule has 2 N–H and O–H groups in total. The van der Waals surface area contributed by atoms with Crippen LogP contribution >= 0.6 is 0 Å². The summed E-state index contributed by atoms with van der Waals surface area (Å²) in [7, 11) is 0. The first-order valence-corrected chi connectivity index (χ1v) is 12.7. The van der Waals surface area contributed by atoms with Gasteiger partial charge in [0.2, 0.25) is 0 Å². The van der Waals surface area contributed by atoms with Gasteiger partial charge >= 0.3 is 0 Å². The fraction of sp³-hybridized carbons (Fsp3) is 1.00. The van der Waals surface area contributed by atoms with Crippen LogP contribution in [-0.4, -0.2) is 37.4 Å². The topological polar surface area (TPSA) is 33.3 Å². The van der Waals surface area contributed by atoms with Crippen molar-refractivity contribution in [2.24, 2.45) is 10.8 Å². The van der Waals surface area contributed by atoms with E-state index < -0.39 is 0 Å². The molecular formula is C27H58N2O. The summed E-state index contributed by atoms with van der Waals surface area (Å²) in [6.07, 6.45) is 11.5. The zero-order chi connectivity index (χ0) is 23.3. The van der Waals surface area contributed by atoms with Crippen LogP contribution in [0.3, 0.4) is 0 Å². The van der Waals surface area contributed by atoms with Crippen molar-refractivity contribution in [2.75, 3.05) is 26.3 Å². The average Bonchev–Trinajstić information content (AvgIpc) is 2.56. The SMILES string of the molecule is CC(C)(C)CCCCCCNC(C)(C)CCC(C)(C)COCCCCNC(C)(C)C. The Bertz CT molecular complexity index is 376. The first-order valence-electron chi connectivity index (χ1n) is 12.7. The number of nitrogens with one attached hydrogen (secondary N) is 2. The molecule has 0 heterocycles. The van der Waals surface area contributed by atoms with E-state index in [1.807, 2.05) is 0 Å². The Morgan fingerprint density at radius 2 is 1.13 bits per heavy atom. The van der Waals surface area contributed by atoms with Crippen molar-refractivity contribution in [3.8, 4) is 0 Å². The Morgan fingerprint density at radius 1 is 0.567 bits per heavy atom. The minimum atomic E-state index is 0.210. The summed E-state index contributed by atoms with van der Waals surface area (Å²) in [5.41, 5.74) is 1.16. The molecule has 0 amide bonds. The first-order chi connectivity index (χ1) is 13.6. The average molecular weight is 427 g/mol. The Kier molecular flexibility index (Phi) is 14.1. The Hall–Kier alpha value is -0.120. The van der Waals surface area contributed by atoms with Crippen LogP contribution < -0.4 is 10.6 Å². The van der Waals surface area contributed by atoms with E-state index in [0.717, 1.165) is 32.7 Å². The third kappa shape index (κ3) is 21.1. The molecule has 3 heteroatoms. The van der Waals surface area contributed by atoms with Crippen molar-refractivity contribution >= 4 is 0 Å². The van der Waals surface area contributed by atoms with Crippen molar-refractivity contribution in [3.63, 3.8) is 0 Å². The molecule has 0 saturated carbocycles. The molecule has 0 aliphatic rings. The Morgan fingerprint density at radius 3 is 1.73 bits per heavy atom. The molecule has 0 atom stereocenters. The van der Waals surface area contributed by atoms with Crippen molar-refractivity contribution in [2.45, 2.75) is 138 Å². The predicted molar refractivity (Wildman–Crippen MR) is 135 cm³/mol. The third-order valence-electron chi connectivity index (χ3n) is 5.75. The van der Waals surface area contributed by atoms with Crippen LogP contribution in [0, 0.1) is 10.8 Å². The van der Waals surface area contributed by atoms with Gasteiger partial charge in [0.05, 0.1) is 6.61 Å². The standard InChI is InChI=1S/C27H58N2O/c1-24(2,3)17-13-11-12-14-21-29-27(9,10)19-18-26(7,8)23-30-22-16-15-20-28-25(4,5)6/h28-29H,11-23H2,1-10H3. The van der Waals surface area contributed by atoms with Gasteiger partial charge in [-0.2, -0.15) is 0 Å². The molecule has 0 bridgehead atoms. The number of ether oxygens (including phenoxy) is 1. The lowest BCUT2D eigenvalue weighted by atomic mass is 9.83. The highest BCUT2D eigenvalue weighted by atomic mass is 16.5. The fourth-order valence-corrected chi connectivity index (χ4v) is 3.51. The van der Waals surface area contributed by atoms with Crippen molar-refractivity contribution in [3.05, 3.63) is 0 Å². The second-order valence-corrected chi connectivity index (χ2v) is 13.1. The fourth-order valence-electron chi connectivity index (χ4n) is 3.51. The smallest absolute Gasteiger partial charge is 0.0517 e. The third-order valence-corrected chi connectivity index (χ3v) is 5.75. The summed E-state index contributed by atoms with van der Waals surface area (Å²) < 4.78 is 6.01. The molecule has 182 valence electrons. The zero-order valence-corrected chi connectivity index (χ0v) is 22.6. The van der Waals surface area contributed by atoms with E-state index in [0.29, 0.717) is 5.41 Å². The highest BCUT2D eigenvalue weighted by Gasteiger charge is 2.24. The van der Waals surface area contributed by atoms with Gasteiger partial charge in [-0.1, -0.05) is 53.9 Å². The normalized spacial score (nSPS) is 13.8. The van der Waals surface area contributed by atoms with E-state index in [-0.39, 0.29) is 16.5 Å². The van der Waals surface area contributed by atoms with E-state index in [9.17, 15) is 0 Å². The van der Waals surface area contributed by atoms with Gasteiger partial charge in [0.25, 0.3) is 0 Å². The molecule has 0 saturated heterocycles. The zero-order valence-electron chi connectivity index (χ0n) is 22.6. The lowest BCUT2D eigenvalue weighted by Gasteiger charge is -2.32. The molecule has 0 aromatic heterocycles. The number of hydrogen-bond acceptors (Lipinski definition) is 3. The van der Waals surface area contributed by atoms with E-state index in [1.54, 1.807) is 0 Å². The maximum absolute atomic E-state index is 6.01. The van der Waals surface area contributed by atoms with Gasteiger partial charge in [-0.05, 0) is 97.1 Å². The van der Waals surface area contributed by atoms with Crippen LogP contribution in [0.4, 0.5) is 0 Å². The minimum absolute atomic E-state index is 0.210. The lowest BCUT2D eigenvalue weighted by molar-refractivity contribution is 0.0508. The van der Waals surface area contributed by atoms with Gasteiger partial charge in [0, 0.05) is 17.7 Å².